The molecule has 1 aliphatic heterocycles. The van der Waals surface area contributed by atoms with Gasteiger partial charge in [0.1, 0.15) is 6.54 Å². The zero-order valence-electron chi connectivity index (χ0n) is 9.76. The minimum absolute atomic E-state index is 0.0905. The molecule has 3 N–H and O–H groups in total. The Labute approximate surface area is 104 Å². The Kier molecular flexibility index (Phi) is 5.79. The van der Waals surface area contributed by atoms with Crippen molar-refractivity contribution in [3.63, 3.8) is 0 Å². The molecule has 10 heteroatoms. The average Bonchev–Trinajstić information content (AvgIpc) is 2.27. The fraction of sp³-hybridized carbons (Fsp3) is 1.00. The van der Waals surface area contributed by atoms with E-state index in [0.29, 0.717) is 6.54 Å². The molecule has 0 saturated carbocycles. The first-order valence-corrected chi connectivity index (χ1v) is 7.01. The molecule has 1 saturated heterocycles. The molecule has 0 atom stereocenters. The predicted octanol–water partition coefficient (Wildman–Crippen LogP) is -1.12. The SMILES string of the molecule is O=S(=O)(NCCN1CCNCC1)NCC(F)(F)F. The van der Waals surface area contributed by atoms with Crippen LogP contribution >= 0.6 is 0 Å². The number of nitrogens with zero attached hydrogens (tertiary/aromatic N) is 1. The third-order valence-electron chi connectivity index (χ3n) is 2.39. The van der Waals surface area contributed by atoms with Gasteiger partial charge in [-0.3, -0.25) is 4.90 Å². The fourth-order valence-electron chi connectivity index (χ4n) is 1.50. The fourth-order valence-corrected chi connectivity index (χ4v) is 2.32. The van der Waals surface area contributed by atoms with Gasteiger partial charge in [-0.05, 0) is 0 Å². The van der Waals surface area contributed by atoms with Crippen LogP contribution in [0.5, 0.6) is 0 Å². The zero-order chi connectivity index (χ0) is 13.6. The highest BCUT2D eigenvalue weighted by atomic mass is 32.2. The molecule has 0 unspecified atom stereocenters. The van der Waals surface area contributed by atoms with Crippen LogP contribution < -0.4 is 14.8 Å². The lowest BCUT2D eigenvalue weighted by atomic mass is 10.3. The van der Waals surface area contributed by atoms with E-state index in [1.807, 2.05) is 4.90 Å². The normalized spacial score (nSPS) is 19.1. The van der Waals surface area contributed by atoms with E-state index in [0.717, 1.165) is 26.2 Å². The summed E-state index contributed by atoms with van der Waals surface area (Å²) in [5.74, 6) is 0. The van der Waals surface area contributed by atoms with E-state index in [4.69, 9.17) is 0 Å². The lowest BCUT2D eigenvalue weighted by molar-refractivity contribution is -0.121. The number of halogens is 3. The third kappa shape index (κ3) is 7.11. The summed E-state index contributed by atoms with van der Waals surface area (Å²) in [6.07, 6.45) is -4.55. The molecule has 108 valence electrons. The molecule has 0 amide bonds. The molecule has 1 rings (SSSR count). The summed E-state index contributed by atoms with van der Waals surface area (Å²) in [5.41, 5.74) is 0. The second-order valence-corrected chi connectivity index (χ2v) is 5.51. The minimum Gasteiger partial charge on any atom is -0.314 e. The van der Waals surface area contributed by atoms with Crippen LogP contribution in [0.2, 0.25) is 0 Å². The maximum Gasteiger partial charge on any atom is 0.402 e. The summed E-state index contributed by atoms with van der Waals surface area (Å²) >= 11 is 0. The summed E-state index contributed by atoms with van der Waals surface area (Å²) in [4.78, 5) is 2.03. The van der Waals surface area contributed by atoms with E-state index >= 15 is 0 Å². The van der Waals surface area contributed by atoms with Gasteiger partial charge in [-0.25, -0.2) is 4.72 Å². The summed E-state index contributed by atoms with van der Waals surface area (Å²) < 4.78 is 61.3. The van der Waals surface area contributed by atoms with Gasteiger partial charge < -0.3 is 5.32 Å². The number of piperazine rings is 1. The minimum atomic E-state index is -4.55. The van der Waals surface area contributed by atoms with E-state index in [9.17, 15) is 21.6 Å². The van der Waals surface area contributed by atoms with Crippen molar-refractivity contribution in [2.75, 3.05) is 45.8 Å². The van der Waals surface area contributed by atoms with Gasteiger partial charge in [0.05, 0.1) is 0 Å². The van der Waals surface area contributed by atoms with E-state index in [1.165, 1.54) is 4.72 Å². The van der Waals surface area contributed by atoms with Gasteiger partial charge in [0.25, 0.3) is 10.2 Å². The number of hydrogen-bond acceptors (Lipinski definition) is 4. The number of hydrogen-bond donors (Lipinski definition) is 3. The van der Waals surface area contributed by atoms with Crippen LogP contribution in [-0.4, -0.2) is 65.3 Å². The largest absolute Gasteiger partial charge is 0.402 e. The maximum absolute atomic E-state index is 11.8. The van der Waals surface area contributed by atoms with Crippen molar-refractivity contribution < 1.29 is 21.6 Å². The van der Waals surface area contributed by atoms with Crippen LogP contribution in [0, 0.1) is 0 Å². The highest BCUT2D eigenvalue weighted by molar-refractivity contribution is 7.87. The summed E-state index contributed by atoms with van der Waals surface area (Å²) in [7, 11) is -4.08. The van der Waals surface area contributed by atoms with Gasteiger partial charge in [-0.2, -0.15) is 26.3 Å². The monoisotopic (exact) mass is 290 g/mol. The van der Waals surface area contributed by atoms with Gasteiger partial charge in [-0.15, -0.1) is 0 Å². The number of nitrogens with one attached hydrogen (secondary N) is 3. The second-order valence-electron chi connectivity index (χ2n) is 3.93. The molecule has 0 aliphatic carbocycles. The second kappa shape index (κ2) is 6.66. The number of alkyl halides is 3. The molecule has 0 radical (unpaired) electrons. The molecule has 6 nitrogen and oxygen atoms in total. The lowest BCUT2D eigenvalue weighted by Gasteiger charge is -2.27. The predicted molar refractivity (Wildman–Crippen MR) is 60.3 cm³/mol. The van der Waals surface area contributed by atoms with Gasteiger partial charge in [-0.1, -0.05) is 0 Å². The van der Waals surface area contributed by atoms with Gasteiger partial charge >= 0.3 is 6.18 Å². The highest BCUT2D eigenvalue weighted by Gasteiger charge is 2.29. The van der Waals surface area contributed by atoms with Crippen LogP contribution in [0.1, 0.15) is 0 Å². The first kappa shape index (κ1) is 15.6. The zero-order valence-corrected chi connectivity index (χ0v) is 10.6. The molecule has 0 bridgehead atoms. The van der Waals surface area contributed by atoms with Crippen LogP contribution in [0.3, 0.4) is 0 Å². The van der Waals surface area contributed by atoms with Crippen molar-refractivity contribution in [1.82, 2.24) is 19.7 Å². The first-order chi connectivity index (χ1) is 8.29. The van der Waals surface area contributed by atoms with Crippen molar-refractivity contribution in [2.24, 2.45) is 0 Å². The van der Waals surface area contributed by atoms with Gasteiger partial charge in [0.2, 0.25) is 0 Å². The molecular weight excluding hydrogens is 273 g/mol. The van der Waals surface area contributed by atoms with E-state index in [2.05, 4.69) is 10.0 Å². The maximum atomic E-state index is 11.8. The van der Waals surface area contributed by atoms with Crippen molar-refractivity contribution in [3.05, 3.63) is 0 Å². The van der Waals surface area contributed by atoms with E-state index in [-0.39, 0.29) is 6.54 Å². The third-order valence-corrected chi connectivity index (χ3v) is 3.50. The summed E-state index contributed by atoms with van der Waals surface area (Å²) in [5, 5.41) is 3.14. The molecule has 0 aromatic carbocycles. The Morgan fingerprint density at radius 1 is 1.17 bits per heavy atom. The summed E-state index contributed by atoms with van der Waals surface area (Å²) in [6, 6.07) is 0. The smallest absolute Gasteiger partial charge is 0.314 e. The Morgan fingerprint density at radius 2 is 1.78 bits per heavy atom. The molecule has 18 heavy (non-hydrogen) atoms. The van der Waals surface area contributed by atoms with Gasteiger partial charge in [0.15, 0.2) is 0 Å². The molecule has 1 aliphatic rings. The van der Waals surface area contributed by atoms with Gasteiger partial charge in [0, 0.05) is 39.3 Å². The van der Waals surface area contributed by atoms with E-state index in [1.54, 1.807) is 0 Å². The highest BCUT2D eigenvalue weighted by Crippen LogP contribution is 2.12. The van der Waals surface area contributed by atoms with Crippen LogP contribution in [0.15, 0.2) is 0 Å². The van der Waals surface area contributed by atoms with Crippen molar-refractivity contribution >= 4 is 10.2 Å². The van der Waals surface area contributed by atoms with Crippen molar-refractivity contribution in [3.8, 4) is 0 Å². The Morgan fingerprint density at radius 3 is 2.33 bits per heavy atom. The summed E-state index contributed by atoms with van der Waals surface area (Å²) in [6.45, 7) is 2.28. The van der Waals surface area contributed by atoms with Crippen LogP contribution in [0.25, 0.3) is 0 Å². The van der Waals surface area contributed by atoms with E-state index < -0.39 is 22.9 Å². The first-order valence-electron chi connectivity index (χ1n) is 5.52. The Balaban J connectivity index is 2.20. The Hall–Kier alpha value is -0.420. The van der Waals surface area contributed by atoms with Crippen LogP contribution in [-0.2, 0) is 10.2 Å². The Bertz CT molecular complexity index is 341. The number of rotatable bonds is 6. The molecule has 0 spiro atoms. The van der Waals surface area contributed by atoms with Crippen molar-refractivity contribution in [2.45, 2.75) is 6.18 Å². The molecule has 1 heterocycles. The van der Waals surface area contributed by atoms with Crippen molar-refractivity contribution in [1.29, 1.82) is 0 Å². The topological polar surface area (TPSA) is 73.5 Å². The molecule has 0 aromatic rings. The molecular formula is C8H17F3N4O2S. The molecule has 1 fully saturated rings. The quantitative estimate of drug-likeness (QED) is 0.579. The standard InChI is InChI=1S/C8H17F3N4O2S/c9-8(10,11)7-14-18(16,17)13-3-6-15-4-1-12-2-5-15/h12-14H,1-7H2. The van der Waals surface area contributed by atoms with Crippen LogP contribution in [0.4, 0.5) is 13.2 Å². The average molecular weight is 290 g/mol. The lowest BCUT2D eigenvalue weighted by Crippen LogP contribution is -2.48. The molecule has 0 aromatic heterocycles.